The van der Waals surface area contributed by atoms with Gasteiger partial charge in [0.25, 0.3) is 0 Å². The van der Waals surface area contributed by atoms with Crippen LogP contribution < -0.4 is 20.7 Å². The van der Waals surface area contributed by atoms with E-state index in [2.05, 4.69) is 10.4 Å². The lowest BCUT2D eigenvalue weighted by Crippen LogP contribution is -2.29. The van der Waals surface area contributed by atoms with Crippen molar-refractivity contribution in [3.63, 3.8) is 0 Å². The summed E-state index contributed by atoms with van der Waals surface area (Å²) >= 11 is 0. The van der Waals surface area contributed by atoms with Gasteiger partial charge in [-0.3, -0.25) is 10.8 Å². The van der Waals surface area contributed by atoms with Crippen LogP contribution in [0.1, 0.15) is 17.2 Å². The molecule has 1 aromatic heterocycles. The molecular weight excluding hydrogens is 242 g/mol. The van der Waals surface area contributed by atoms with Gasteiger partial charge in [0.2, 0.25) is 0 Å². The highest BCUT2D eigenvalue weighted by Gasteiger charge is 2.16. The summed E-state index contributed by atoms with van der Waals surface area (Å²) in [5, 5.41) is 0. The maximum atomic E-state index is 5.67. The predicted octanol–water partition coefficient (Wildman–Crippen LogP) is 1.65. The van der Waals surface area contributed by atoms with Crippen molar-refractivity contribution < 1.29 is 9.47 Å². The Morgan fingerprint density at radius 2 is 1.84 bits per heavy atom. The van der Waals surface area contributed by atoms with Crippen molar-refractivity contribution >= 4 is 0 Å². The van der Waals surface area contributed by atoms with Crippen molar-refractivity contribution in [2.24, 2.45) is 5.84 Å². The fourth-order valence-corrected chi connectivity index (χ4v) is 1.96. The molecule has 0 fully saturated rings. The molecule has 0 radical (unpaired) electrons. The Balaban J connectivity index is 2.37. The third-order valence-corrected chi connectivity index (χ3v) is 2.96. The Bertz CT molecular complexity index is 528. The lowest BCUT2D eigenvalue weighted by Gasteiger charge is -2.19. The Morgan fingerprint density at radius 1 is 1.11 bits per heavy atom. The molecule has 1 unspecified atom stereocenters. The number of rotatable bonds is 5. The lowest BCUT2D eigenvalue weighted by molar-refractivity contribution is 0.402. The second-order valence-electron chi connectivity index (χ2n) is 3.99. The molecular formula is C14H17N3O2. The summed E-state index contributed by atoms with van der Waals surface area (Å²) in [6.45, 7) is 0. The van der Waals surface area contributed by atoms with Gasteiger partial charge in [-0.05, 0) is 23.8 Å². The number of pyridine rings is 1. The Labute approximate surface area is 112 Å². The van der Waals surface area contributed by atoms with Crippen molar-refractivity contribution in [2.45, 2.75) is 6.04 Å². The third kappa shape index (κ3) is 2.83. The molecule has 3 N–H and O–H groups in total. The first-order valence-electron chi connectivity index (χ1n) is 5.88. The summed E-state index contributed by atoms with van der Waals surface area (Å²) in [5.41, 5.74) is 4.75. The molecule has 1 heterocycles. The molecule has 0 saturated carbocycles. The van der Waals surface area contributed by atoms with Crippen molar-refractivity contribution in [3.8, 4) is 11.5 Å². The molecule has 1 atom stereocenters. The third-order valence-electron chi connectivity index (χ3n) is 2.96. The van der Waals surface area contributed by atoms with Crippen LogP contribution in [0.3, 0.4) is 0 Å². The van der Waals surface area contributed by atoms with Gasteiger partial charge in [0.05, 0.1) is 26.5 Å². The number of hydrazine groups is 1. The lowest BCUT2D eigenvalue weighted by atomic mass is 9.99. The first-order chi connectivity index (χ1) is 9.30. The summed E-state index contributed by atoms with van der Waals surface area (Å²) in [7, 11) is 3.25. The maximum Gasteiger partial charge on any atom is 0.142 e. The van der Waals surface area contributed by atoms with E-state index in [-0.39, 0.29) is 6.04 Å². The van der Waals surface area contributed by atoms with Crippen molar-refractivity contribution in [2.75, 3.05) is 14.2 Å². The second-order valence-corrected chi connectivity index (χ2v) is 3.99. The average molecular weight is 259 g/mol. The predicted molar refractivity (Wildman–Crippen MR) is 72.9 cm³/mol. The van der Waals surface area contributed by atoms with Gasteiger partial charge in [-0.15, -0.1) is 0 Å². The minimum absolute atomic E-state index is 0.163. The van der Waals surface area contributed by atoms with E-state index in [1.165, 1.54) is 0 Å². The Morgan fingerprint density at radius 3 is 2.42 bits per heavy atom. The molecule has 19 heavy (non-hydrogen) atoms. The van der Waals surface area contributed by atoms with Gasteiger partial charge >= 0.3 is 0 Å². The van der Waals surface area contributed by atoms with Crippen LogP contribution in [0, 0.1) is 0 Å². The van der Waals surface area contributed by atoms with Crippen molar-refractivity contribution in [3.05, 3.63) is 53.9 Å². The number of hydrogen-bond acceptors (Lipinski definition) is 5. The normalized spacial score (nSPS) is 11.9. The Hall–Kier alpha value is -2.11. The molecule has 0 bridgehead atoms. The molecule has 5 heteroatoms. The molecule has 100 valence electrons. The zero-order valence-corrected chi connectivity index (χ0v) is 11.0. The molecule has 1 aromatic carbocycles. The standard InChI is InChI=1S/C14H17N3O2/c1-18-11-5-3-10(4-6-11)14(17-15)12-7-8-16-9-13(12)19-2/h3-9,14,17H,15H2,1-2H3. The largest absolute Gasteiger partial charge is 0.497 e. The van der Waals surface area contributed by atoms with Gasteiger partial charge in [0.15, 0.2) is 0 Å². The smallest absolute Gasteiger partial charge is 0.142 e. The number of nitrogens with two attached hydrogens (primary N) is 1. The number of nitrogens with zero attached hydrogens (tertiary/aromatic N) is 1. The first kappa shape index (κ1) is 13.3. The highest BCUT2D eigenvalue weighted by atomic mass is 16.5. The van der Waals surface area contributed by atoms with Gasteiger partial charge in [0.1, 0.15) is 11.5 Å². The van der Waals surface area contributed by atoms with Crippen molar-refractivity contribution in [1.29, 1.82) is 0 Å². The molecule has 0 aliphatic rings. The summed E-state index contributed by atoms with van der Waals surface area (Å²) < 4.78 is 10.5. The fourth-order valence-electron chi connectivity index (χ4n) is 1.96. The topological polar surface area (TPSA) is 69.4 Å². The van der Waals surface area contributed by atoms with Crippen LogP contribution in [0.15, 0.2) is 42.7 Å². The number of benzene rings is 1. The van der Waals surface area contributed by atoms with E-state index < -0.39 is 0 Å². The van der Waals surface area contributed by atoms with Crippen LogP contribution >= 0.6 is 0 Å². The quantitative estimate of drug-likeness (QED) is 0.631. The minimum Gasteiger partial charge on any atom is -0.497 e. The van der Waals surface area contributed by atoms with Gasteiger partial charge in [-0.2, -0.15) is 0 Å². The number of aromatic nitrogens is 1. The van der Waals surface area contributed by atoms with Gasteiger partial charge in [-0.25, -0.2) is 5.43 Å². The molecule has 0 aliphatic carbocycles. The van der Waals surface area contributed by atoms with E-state index in [0.29, 0.717) is 5.75 Å². The highest BCUT2D eigenvalue weighted by Crippen LogP contribution is 2.29. The van der Waals surface area contributed by atoms with Crippen LogP contribution in [0.2, 0.25) is 0 Å². The number of hydrogen-bond donors (Lipinski definition) is 2. The van der Waals surface area contributed by atoms with Crippen LogP contribution in [-0.4, -0.2) is 19.2 Å². The minimum atomic E-state index is -0.163. The van der Waals surface area contributed by atoms with E-state index in [0.717, 1.165) is 16.9 Å². The van der Waals surface area contributed by atoms with Crippen LogP contribution in [0.5, 0.6) is 11.5 Å². The molecule has 2 aromatic rings. The van der Waals surface area contributed by atoms with Gasteiger partial charge in [0, 0.05) is 11.8 Å². The van der Waals surface area contributed by atoms with Crippen LogP contribution in [0.4, 0.5) is 0 Å². The molecule has 2 rings (SSSR count). The number of ether oxygens (including phenoxy) is 2. The molecule has 0 amide bonds. The van der Waals surface area contributed by atoms with Crippen molar-refractivity contribution in [1.82, 2.24) is 10.4 Å². The van der Waals surface area contributed by atoms with Crippen LogP contribution in [-0.2, 0) is 0 Å². The van der Waals surface area contributed by atoms with Gasteiger partial charge < -0.3 is 9.47 Å². The van der Waals surface area contributed by atoms with E-state index in [1.807, 2.05) is 30.3 Å². The monoisotopic (exact) mass is 259 g/mol. The summed E-state index contributed by atoms with van der Waals surface area (Å²) in [6, 6.07) is 9.43. The Kier molecular flexibility index (Phi) is 4.33. The van der Waals surface area contributed by atoms with E-state index in [1.54, 1.807) is 26.6 Å². The summed E-state index contributed by atoms with van der Waals surface area (Å²) in [4.78, 5) is 4.04. The number of nitrogens with one attached hydrogen (secondary N) is 1. The fraction of sp³-hybridized carbons (Fsp3) is 0.214. The maximum absolute atomic E-state index is 5.67. The second kappa shape index (κ2) is 6.17. The van der Waals surface area contributed by atoms with Gasteiger partial charge in [-0.1, -0.05) is 12.1 Å². The zero-order chi connectivity index (χ0) is 13.7. The number of methoxy groups -OCH3 is 2. The molecule has 5 nitrogen and oxygen atoms in total. The molecule has 0 saturated heterocycles. The highest BCUT2D eigenvalue weighted by molar-refractivity contribution is 5.41. The summed E-state index contributed by atoms with van der Waals surface area (Å²) in [6.07, 6.45) is 3.38. The SMILES string of the molecule is COc1ccc(C(NN)c2ccncc2OC)cc1. The van der Waals surface area contributed by atoms with Crippen LogP contribution in [0.25, 0.3) is 0 Å². The molecule has 0 spiro atoms. The molecule has 0 aliphatic heterocycles. The van der Waals surface area contributed by atoms with E-state index >= 15 is 0 Å². The summed E-state index contributed by atoms with van der Waals surface area (Å²) in [5.74, 6) is 7.18. The average Bonchev–Trinajstić information content (AvgIpc) is 2.49. The zero-order valence-electron chi connectivity index (χ0n) is 11.0. The van der Waals surface area contributed by atoms with E-state index in [9.17, 15) is 0 Å². The van der Waals surface area contributed by atoms with E-state index in [4.69, 9.17) is 15.3 Å². The first-order valence-corrected chi connectivity index (χ1v) is 5.88.